The number of aryl methyl sites for hydroxylation is 1. The van der Waals surface area contributed by atoms with E-state index >= 15 is 0 Å². The van der Waals surface area contributed by atoms with Crippen molar-refractivity contribution in [3.05, 3.63) is 58.5 Å². The molecule has 2 aliphatic carbocycles. The minimum atomic E-state index is 0.293. The fourth-order valence-electron chi connectivity index (χ4n) is 4.50. The molecule has 2 aliphatic rings. The normalized spacial score (nSPS) is 22.4. The second kappa shape index (κ2) is 6.64. The lowest BCUT2D eigenvalue weighted by Gasteiger charge is -2.35. The lowest BCUT2D eigenvalue weighted by molar-refractivity contribution is 0.233. The summed E-state index contributed by atoms with van der Waals surface area (Å²) < 4.78 is 5.97. The minimum absolute atomic E-state index is 0.293. The van der Waals surface area contributed by atoms with E-state index in [4.69, 9.17) is 4.42 Å². The molecule has 1 heterocycles. The van der Waals surface area contributed by atoms with Crippen molar-refractivity contribution in [2.24, 2.45) is 11.3 Å². The van der Waals surface area contributed by atoms with Gasteiger partial charge < -0.3 is 9.73 Å². The summed E-state index contributed by atoms with van der Waals surface area (Å²) in [6, 6.07) is 11.8. The molecule has 0 amide bonds. The Bertz CT molecular complexity index is 738. The van der Waals surface area contributed by atoms with Gasteiger partial charge in [0.1, 0.15) is 11.5 Å². The number of fused-ring (bicyclic) bond motifs is 1. The number of furan rings is 1. The molecule has 2 aromatic rings. The Hall–Kier alpha value is -1.54. The van der Waals surface area contributed by atoms with Gasteiger partial charge in [0.25, 0.3) is 0 Å². The molecular formula is C23H31NO. The SMILES string of the molecule is Cc1cc2c(o1)CC(C)(C)CC2NCc1cccc(CC2CCC2)c1. The monoisotopic (exact) mass is 337 g/mol. The molecule has 0 aliphatic heterocycles. The van der Waals surface area contributed by atoms with Crippen LogP contribution in [0.4, 0.5) is 0 Å². The van der Waals surface area contributed by atoms with Gasteiger partial charge in [-0.15, -0.1) is 0 Å². The Kier molecular flexibility index (Phi) is 4.49. The molecule has 0 radical (unpaired) electrons. The van der Waals surface area contributed by atoms with Crippen LogP contribution < -0.4 is 5.32 Å². The van der Waals surface area contributed by atoms with E-state index in [0.29, 0.717) is 11.5 Å². The highest BCUT2D eigenvalue weighted by Crippen LogP contribution is 2.42. The van der Waals surface area contributed by atoms with E-state index in [2.05, 4.69) is 56.4 Å². The molecule has 1 aromatic carbocycles. The molecule has 0 bridgehead atoms. The number of hydrogen-bond donors (Lipinski definition) is 1. The Labute approximate surface area is 152 Å². The predicted octanol–water partition coefficient (Wildman–Crippen LogP) is 5.73. The molecule has 25 heavy (non-hydrogen) atoms. The van der Waals surface area contributed by atoms with Crippen molar-refractivity contribution >= 4 is 0 Å². The second-order valence-corrected chi connectivity index (χ2v) is 9.04. The van der Waals surface area contributed by atoms with E-state index in [1.165, 1.54) is 54.6 Å². The van der Waals surface area contributed by atoms with Crippen LogP contribution in [0.5, 0.6) is 0 Å². The first-order valence-corrected chi connectivity index (χ1v) is 9.89. The highest BCUT2D eigenvalue weighted by molar-refractivity contribution is 5.30. The zero-order valence-corrected chi connectivity index (χ0v) is 15.9. The summed E-state index contributed by atoms with van der Waals surface area (Å²) in [6.45, 7) is 7.69. The number of benzene rings is 1. The third-order valence-corrected chi connectivity index (χ3v) is 6.03. The van der Waals surface area contributed by atoms with Gasteiger partial charge >= 0.3 is 0 Å². The third-order valence-electron chi connectivity index (χ3n) is 6.03. The number of hydrogen-bond acceptors (Lipinski definition) is 2. The van der Waals surface area contributed by atoms with E-state index in [0.717, 1.165) is 24.6 Å². The van der Waals surface area contributed by atoms with E-state index in [-0.39, 0.29) is 0 Å². The first kappa shape index (κ1) is 16.9. The second-order valence-electron chi connectivity index (χ2n) is 9.04. The molecule has 4 rings (SSSR count). The average molecular weight is 338 g/mol. The van der Waals surface area contributed by atoms with Crippen LogP contribution in [0.2, 0.25) is 0 Å². The van der Waals surface area contributed by atoms with Crippen LogP contribution in [-0.2, 0) is 19.4 Å². The fourth-order valence-corrected chi connectivity index (χ4v) is 4.50. The van der Waals surface area contributed by atoms with Crippen molar-refractivity contribution in [2.75, 3.05) is 0 Å². The molecule has 0 spiro atoms. The maximum atomic E-state index is 5.97. The van der Waals surface area contributed by atoms with Crippen LogP contribution in [0.25, 0.3) is 0 Å². The Morgan fingerprint density at radius 2 is 1.96 bits per heavy atom. The van der Waals surface area contributed by atoms with E-state index in [9.17, 15) is 0 Å². The number of rotatable bonds is 5. The molecule has 1 saturated carbocycles. The molecule has 1 aromatic heterocycles. The van der Waals surface area contributed by atoms with Crippen LogP contribution in [0, 0.1) is 18.3 Å². The first-order valence-electron chi connectivity index (χ1n) is 9.89. The summed E-state index contributed by atoms with van der Waals surface area (Å²) in [5, 5.41) is 3.81. The molecule has 1 fully saturated rings. The van der Waals surface area contributed by atoms with Crippen LogP contribution >= 0.6 is 0 Å². The van der Waals surface area contributed by atoms with Crippen LogP contribution in [0.1, 0.15) is 73.8 Å². The molecule has 1 atom stereocenters. The zero-order chi connectivity index (χ0) is 17.4. The molecule has 134 valence electrons. The molecule has 0 saturated heterocycles. The van der Waals surface area contributed by atoms with Gasteiger partial charge in [-0.1, -0.05) is 57.4 Å². The van der Waals surface area contributed by atoms with Gasteiger partial charge in [0.15, 0.2) is 0 Å². The van der Waals surface area contributed by atoms with Gasteiger partial charge in [-0.05, 0) is 48.3 Å². The summed E-state index contributed by atoms with van der Waals surface area (Å²) in [5.41, 5.74) is 4.58. The van der Waals surface area contributed by atoms with Crippen molar-refractivity contribution in [3.63, 3.8) is 0 Å². The summed E-state index contributed by atoms with van der Waals surface area (Å²) in [5.74, 6) is 3.15. The molecule has 2 nitrogen and oxygen atoms in total. The highest BCUT2D eigenvalue weighted by Gasteiger charge is 2.34. The van der Waals surface area contributed by atoms with Gasteiger partial charge in [-0.2, -0.15) is 0 Å². The van der Waals surface area contributed by atoms with Crippen molar-refractivity contribution in [3.8, 4) is 0 Å². The lowest BCUT2D eigenvalue weighted by atomic mass is 9.74. The third kappa shape index (κ3) is 3.84. The quantitative estimate of drug-likeness (QED) is 0.753. The van der Waals surface area contributed by atoms with Crippen LogP contribution in [0.15, 0.2) is 34.7 Å². The van der Waals surface area contributed by atoms with Crippen molar-refractivity contribution in [1.82, 2.24) is 5.32 Å². The van der Waals surface area contributed by atoms with Gasteiger partial charge in [-0.3, -0.25) is 0 Å². The Balaban J connectivity index is 1.44. The van der Waals surface area contributed by atoms with Crippen molar-refractivity contribution in [1.29, 1.82) is 0 Å². The topological polar surface area (TPSA) is 25.2 Å². The number of nitrogens with one attached hydrogen (secondary N) is 1. The summed E-state index contributed by atoms with van der Waals surface area (Å²) >= 11 is 0. The summed E-state index contributed by atoms with van der Waals surface area (Å²) in [7, 11) is 0. The van der Waals surface area contributed by atoms with Crippen molar-refractivity contribution < 1.29 is 4.42 Å². The zero-order valence-electron chi connectivity index (χ0n) is 15.9. The molecule has 1 N–H and O–H groups in total. The van der Waals surface area contributed by atoms with Gasteiger partial charge in [0, 0.05) is 24.6 Å². The standard InChI is InChI=1S/C23H31NO/c1-16-10-20-21(13-23(2,3)14-22(20)25-16)24-15-19-9-5-8-18(12-19)11-17-6-4-7-17/h5,8-10,12,17,21,24H,4,6-7,11,13-15H2,1-3H3. The highest BCUT2D eigenvalue weighted by atomic mass is 16.3. The smallest absolute Gasteiger partial charge is 0.109 e. The van der Waals surface area contributed by atoms with Crippen LogP contribution in [0.3, 0.4) is 0 Å². The summed E-state index contributed by atoms with van der Waals surface area (Å²) in [4.78, 5) is 0. The molecular weight excluding hydrogens is 306 g/mol. The van der Waals surface area contributed by atoms with Crippen LogP contribution in [-0.4, -0.2) is 0 Å². The maximum Gasteiger partial charge on any atom is 0.109 e. The lowest BCUT2D eigenvalue weighted by Crippen LogP contribution is -2.32. The predicted molar refractivity (Wildman–Crippen MR) is 103 cm³/mol. The fraction of sp³-hybridized carbons (Fsp3) is 0.565. The van der Waals surface area contributed by atoms with Crippen molar-refractivity contribution in [2.45, 2.75) is 71.9 Å². The summed E-state index contributed by atoms with van der Waals surface area (Å²) in [6.07, 6.45) is 7.74. The first-order chi connectivity index (χ1) is 12.0. The molecule has 2 heteroatoms. The molecule has 1 unspecified atom stereocenters. The van der Waals surface area contributed by atoms with E-state index in [1.54, 1.807) is 0 Å². The minimum Gasteiger partial charge on any atom is -0.466 e. The Morgan fingerprint density at radius 3 is 2.72 bits per heavy atom. The largest absolute Gasteiger partial charge is 0.466 e. The van der Waals surface area contributed by atoms with E-state index < -0.39 is 0 Å². The van der Waals surface area contributed by atoms with Gasteiger partial charge in [-0.25, -0.2) is 0 Å². The van der Waals surface area contributed by atoms with Gasteiger partial charge in [0.2, 0.25) is 0 Å². The van der Waals surface area contributed by atoms with E-state index in [1.807, 2.05) is 0 Å². The Morgan fingerprint density at radius 1 is 1.16 bits per heavy atom. The maximum absolute atomic E-state index is 5.97. The van der Waals surface area contributed by atoms with Gasteiger partial charge in [0.05, 0.1) is 0 Å². The average Bonchev–Trinajstić information content (AvgIpc) is 2.88.